The van der Waals surface area contributed by atoms with E-state index >= 15 is 0 Å². The van der Waals surface area contributed by atoms with Gasteiger partial charge in [0.25, 0.3) is 0 Å². The quantitative estimate of drug-likeness (QED) is 0.523. The van der Waals surface area contributed by atoms with Crippen LogP contribution in [0.25, 0.3) is 32.8 Å². The number of aromatic nitrogens is 1. The highest BCUT2D eigenvalue weighted by Crippen LogP contribution is 2.31. The molecule has 4 nitrogen and oxygen atoms in total. The molecule has 5 heteroatoms. The minimum absolute atomic E-state index is 0.0647. The number of aryl methyl sites for hydroxylation is 2. The molecule has 0 spiro atoms. The highest BCUT2D eigenvalue weighted by molar-refractivity contribution is 7.13. The lowest BCUT2D eigenvalue weighted by Gasteiger charge is -2.04. The molecule has 0 aliphatic carbocycles. The number of benzene rings is 2. The zero-order chi connectivity index (χ0) is 17.6. The maximum Gasteiger partial charge on any atom is 0.346 e. The third-order valence-corrected chi connectivity index (χ3v) is 5.00. The van der Waals surface area contributed by atoms with Gasteiger partial charge in [-0.3, -0.25) is 0 Å². The van der Waals surface area contributed by atoms with Crippen molar-refractivity contribution in [3.05, 3.63) is 69.4 Å². The molecule has 2 heterocycles. The molecule has 0 bridgehead atoms. The molecule has 1 N–H and O–H groups in total. The molecule has 2 aromatic heterocycles. The van der Waals surface area contributed by atoms with Gasteiger partial charge in [0, 0.05) is 22.4 Å². The third kappa shape index (κ3) is 2.83. The van der Waals surface area contributed by atoms with E-state index < -0.39 is 5.63 Å². The number of thiazole rings is 1. The van der Waals surface area contributed by atoms with E-state index in [0.29, 0.717) is 16.2 Å². The molecule has 2 aromatic carbocycles. The molecule has 0 unspecified atom stereocenters. The lowest BCUT2D eigenvalue weighted by atomic mass is 10.0. The van der Waals surface area contributed by atoms with Gasteiger partial charge in [0.05, 0.1) is 11.3 Å². The molecule has 0 aliphatic rings. The zero-order valence-electron chi connectivity index (χ0n) is 13.7. The SMILES string of the molecule is Cc1ccc(C)c(-c2csc(-c3cc4ccc(O)cc4oc3=O)n2)c1. The lowest BCUT2D eigenvalue weighted by molar-refractivity contribution is 0.473. The lowest BCUT2D eigenvalue weighted by Crippen LogP contribution is -2.02. The molecular formula is C20H15NO3S. The van der Waals surface area contributed by atoms with Gasteiger partial charge in [-0.25, -0.2) is 9.78 Å². The van der Waals surface area contributed by atoms with Crippen LogP contribution in [-0.4, -0.2) is 10.1 Å². The highest BCUT2D eigenvalue weighted by Gasteiger charge is 2.14. The van der Waals surface area contributed by atoms with Crippen molar-refractivity contribution in [2.24, 2.45) is 0 Å². The van der Waals surface area contributed by atoms with E-state index in [1.807, 2.05) is 19.2 Å². The Balaban J connectivity index is 1.84. The van der Waals surface area contributed by atoms with Gasteiger partial charge < -0.3 is 9.52 Å². The summed E-state index contributed by atoms with van der Waals surface area (Å²) in [6, 6.07) is 12.7. The molecule has 0 amide bonds. The summed E-state index contributed by atoms with van der Waals surface area (Å²) in [6.07, 6.45) is 0. The van der Waals surface area contributed by atoms with Crippen molar-refractivity contribution in [3.63, 3.8) is 0 Å². The molecular weight excluding hydrogens is 334 g/mol. The van der Waals surface area contributed by atoms with E-state index in [2.05, 4.69) is 23.2 Å². The Morgan fingerprint density at radius 3 is 2.72 bits per heavy atom. The Morgan fingerprint density at radius 1 is 1.04 bits per heavy atom. The van der Waals surface area contributed by atoms with Crippen molar-refractivity contribution in [3.8, 4) is 27.6 Å². The van der Waals surface area contributed by atoms with Crippen LogP contribution in [-0.2, 0) is 0 Å². The molecule has 0 aliphatic heterocycles. The number of hydrogen-bond donors (Lipinski definition) is 1. The highest BCUT2D eigenvalue weighted by atomic mass is 32.1. The number of nitrogens with zero attached hydrogens (tertiary/aromatic N) is 1. The van der Waals surface area contributed by atoms with Gasteiger partial charge in [-0.2, -0.15) is 0 Å². The van der Waals surface area contributed by atoms with Crippen molar-refractivity contribution >= 4 is 22.3 Å². The molecule has 4 rings (SSSR count). The average molecular weight is 349 g/mol. The number of aromatic hydroxyl groups is 1. The average Bonchev–Trinajstić information content (AvgIpc) is 3.06. The molecule has 0 atom stereocenters. The number of hydrogen-bond acceptors (Lipinski definition) is 5. The Morgan fingerprint density at radius 2 is 1.88 bits per heavy atom. The minimum Gasteiger partial charge on any atom is -0.508 e. The molecule has 124 valence electrons. The summed E-state index contributed by atoms with van der Waals surface area (Å²) >= 11 is 1.42. The number of phenols is 1. The molecule has 0 radical (unpaired) electrons. The maximum atomic E-state index is 12.3. The number of fused-ring (bicyclic) bond motifs is 1. The van der Waals surface area contributed by atoms with Crippen molar-refractivity contribution in [2.75, 3.05) is 0 Å². The van der Waals surface area contributed by atoms with E-state index in [0.717, 1.165) is 22.2 Å². The fourth-order valence-corrected chi connectivity index (χ4v) is 3.61. The van der Waals surface area contributed by atoms with Gasteiger partial charge in [0.1, 0.15) is 16.3 Å². The van der Waals surface area contributed by atoms with Crippen LogP contribution in [0.5, 0.6) is 5.75 Å². The van der Waals surface area contributed by atoms with E-state index in [4.69, 9.17) is 4.42 Å². The van der Waals surface area contributed by atoms with Gasteiger partial charge in [-0.1, -0.05) is 17.7 Å². The zero-order valence-corrected chi connectivity index (χ0v) is 14.6. The smallest absolute Gasteiger partial charge is 0.346 e. The first kappa shape index (κ1) is 15.6. The van der Waals surface area contributed by atoms with Gasteiger partial charge in [-0.05, 0) is 43.7 Å². The summed E-state index contributed by atoms with van der Waals surface area (Å²) in [6.45, 7) is 4.09. The van der Waals surface area contributed by atoms with Crippen molar-refractivity contribution < 1.29 is 9.52 Å². The first-order valence-corrected chi connectivity index (χ1v) is 8.69. The Labute approximate surface area is 148 Å². The third-order valence-electron chi connectivity index (χ3n) is 4.12. The van der Waals surface area contributed by atoms with Crippen LogP contribution in [0, 0.1) is 13.8 Å². The van der Waals surface area contributed by atoms with E-state index in [-0.39, 0.29) is 5.75 Å². The fourth-order valence-electron chi connectivity index (χ4n) is 2.78. The Bertz CT molecular complexity index is 1160. The van der Waals surface area contributed by atoms with Crippen molar-refractivity contribution in [2.45, 2.75) is 13.8 Å². The summed E-state index contributed by atoms with van der Waals surface area (Å²) in [5.74, 6) is 0.0647. The predicted molar refractivity (Wildman–Crippen MR) is 100 cm³/mol. The molecule has 0 fully saturated rings. The van der Waals surface area contributed by atoms with Crippen LogP contribution in [0.3, 0.4) is 0 Å². The maximum absolute atomic E-state index is 12.3. The van der Waals surface area contributed by atoms with E-state index in [1.165, 1.54) is 23.0 Å². The molecule has 0 saturated carbocycles. The summed E-state index contributed by atoms with van der Waals surface area (Å²) < 4.78 is 5.34. The number of phenolic OH excluding ortho intramolecular Hbond substituents is 1. The van der Waals surface area contributed by atoms with E-state index in [9.17, 15) is 9.90 Å². The normalized spacial score (nSPS) is 11.1. The first-order chi connectivity index (χ1) is 12.0. The topological polar surface area (TPSA) is 63.3 Å². The van der Waals surface area contributed by atoms with Crippen molar-refractivity contribution in [1.29, 1.82) is 0 Å². The molecule has 4 aromatic rings. The van der Waals surface area contributed by atoms with Gasteiger partial charge in [0.2, 0.25) is 0 Å². The second-order valence-corrected chi connectivity index (χ2v) is 6.88. The van der Waals surface area contributed by atoms with Gasteiger partial charge in [-0.15, -0.1) is 11.3 Å². The standard InChI is InChI=1S/C20H15NO3S/c1-11-3-4-12(2)15(7-11)17-10-25-19(21-17)16-8-13-5-6-14(22)9-18(13)24-20(16)23/h3-10,22H,1-2H3. The summed E-state index contributed by atoms with van der Waals surface area (Å²) in [5.41, 5.74) is 4.56. The van der Waals surface area contributed by atoms with Crippen LogP contribution in [0.2, 0.25) is 0 Å². The second kappa shape index (κ2) is 5.86. The van der Waals surface area contributed by atoms with Gasteiger partial charge in [0.15, 0.2) is 0 Å². The van der Waals surface area contributed by atoms with Crippen LogP contribution < -0.4 is 5.63 Å². The second-order valence-electron chi connectivity index (χ2n) is 6.03. The molecule has 25 heavy (non-hydrogen) atoms. The largest absolute Gasteiger partial charge is 0.508 e. The van der Waals surface area contributed by atoms with Gasteiger partial charge >= 0.3 is 5.63 Å². The summed E-state index contributed by atoms with van der Waals surface area (Å²) in [7, 11) is 0. The monoisotopic (exact) mass is 349 g/mol. The predicted octanol–water partition coefficient (Wildman–Crippen LogP) is 4.91. The first-order valence-electron chi connectivity index (χ1n) is 7.82. The van der Waals surface area contributed by atoms with Crippen LogP contribution in [0.1, 0.15) is 11.1 Å². The summed E-state index contributed by atoms with van der Waals surface area (Å²) in [4.78, 5) is 17.0. The van der Waals surface area contributed by atoms with Crippen LogP contribution in [0.15, 0.2) is 57.1 Å². The Kier molecular flexibility index (Phi) is 3.66. The Hall–Kier alpha value is -2.92. The minimum atomic E-state index is -0.458. The molecule has 0 saturated heterocycles. The number of rotatable bonds is 2. The van der Waals surface area contributed by atoms with Crippen LogP contribution >= 0.6 is 11.3 Å². The summed E-state index contributed by atoms with van der Waals surface area (Å²) in [5, 5.41) is 12.8. The van der Waals surface area contributed by atoms with E-state index in [1.54, 1.807) is 18.2 Å². The fraction of sp³-hybridized carbons (Fsp3) is 0.100. The van der Waals surface area contributed by atoms with Crippen LogP contribution in [0.4, 0.5) is 0 Å². The van der Waals surface area contributed by atoms with Crippen molar-refractivity contribution in [1.82, 2.24) is 4.98 Å².